The molecule has 0 aromatic heterocycles. The molecule has 1 aromatic carbocycles. The van der Waals surface area contributed by atoms with Gasteiger partial charge in [0.1, 0.15) is 21.9 Å². The molecular weight excluding hydrogens is 362 g/mol. The molecule has 1 atom stereocenters. The van der Waals surface area contributed by atoms with Crippen LogP contribution in [0.2, 0.25) is 0 Å². The Morgan fingerprint density at radius 1 is 1.25 bits per heavy atom. The zero-order valence-corrected chi connectivity index (χ0v) is 13.3. The maximum absolute atomic E-state index is 13.7. The first kappa shape index (κ1) is 17.5. The number of nitrogens with zero attached hydrogens (tertiary/aromatic N) is 1. The van der Waals surface area contributed by atoms with Crippen LogP contribution in [-0.4, -0.2) is 15.5 Å². The Morgan fingerprint density at radius 3 is 2.25 bits per heavy atom. The van der Waals surface area contributed by atoms with Crippen LogP contribution in [0, 0.1) is 5.82 Å². The summed E-state index contributed by atoms with van der Waals surface area (Å²) in [5, 5.41) is 0. The van der Waals surface area contributed by atoms with E-state index in [1.54, 1.807) is 20.8 Å². The lowest BCUT2D eigenvalue weighted by Crippen LogP contribution is -2.25. The maximum atomic E-state index is 13.7. The molecule has 0 aliphatic rings. The van der Waals surface area contributed by atoms with Crippen LogP contribution in [0.15, 0.2) is 21.0 Å². The van der Waals surface area contributed by atoms with Crippen molar-refractivity contribution in [2.45, 2.75) is 31.7 Å². The fraction of sp³-hybridized carbons (Fsp3) is 0.417. The Bertz CT molecular complexity index is 525. The lowest BCUT2D eigenvalue weighted by atomic mass is 10.1. The minimum atomic E-state index is -4.60. The molecule has 20 heavy (non-hydrogen) atoms. The topological polar surface area (TPSA) is 35.4 Å². The van der Waals surface area contributed by atoms with Gasteiger partial charge >= 0.3 is 6.18 Å². The number of rotatable bonds is 2. The molecule has 0 bridgehead atoms. The molecule has 0 saturated heterocycles. The highest BCUT2D eigenvalue weighted by molar-refractivity contribution is 9.10. The highest BCUT2D eigenvalue weighted by atomic mass is 79.9. The van der Waals surface area contributed by atoms with Crippen LogP contribution in [0.1, 0.15) is 31.9 Å². The highest BCUT2D eigenvalue weighted by Crippen LogP contribution is 2.33. The van der Waals surface area contributed by atoms with Crippen LogP contribution in [0.3, 0.4) is 0 Å². The van der Waals surface area contributed by atoms with E-state index in [1.807, 2.05) is 0 Å². The van der Waals surface area contributed by atoms with Crippen LogP contribution in [0.4, 0.5) is 17.6 Å². The molecule has 0 radical (unpaired) electrons. The van der Waals surface area contributed by atoms with Crippen LogP contribution in [-0.2, 0) is 17.5 Å². The monoisotopic (exact) mass is 373 g/mol. The average molecular weight is 374 g/mol. The van der Waals surface area contributed by atoms with Crippen molar-refractivity contribution >= 4 is 33.5 Å². The number of benzene rings is 1. The molecular formula is C12H12BrF4NOS. The van der Waals surface area contributed by atoms with E-state index in [0.29, 0.717) is 12.1 Å². The molecule has 2 nitrogen and oxygen atoms in total. The van der Waals surface area contributed by atoms with Gasteiger partial charge in [0.05, 0.1) is 16.3 Å². The van der Waals surface area contributed by atoms with Gasteiger partial charge in [-0.25, -0.2) is 4.39 Å². The molecule has 1 rings (SSSR count). The normalized spacial score (nSPS) is 14.8. The van der Waals surface area contributed by atoms with Gasteiger partial charge in [-0.2, -0.15) is 13.2 Å². The third-order valence-electron chi connectivity index (χ3n) is 2.20. The number of hydrogen-bond acceptors (Lipinski definition) is 2. The van der Waals surface area contributed by atoms with E-state index >= 15 is 0 Å². The number of hydrogen-bond donors (Lipinski definition) is 0. The number of halogens is 5. The zero-order valence-electron chi connectivity index (χ0n) is 10.9. The molecule has 0 N–H and O–H groups in total. The van der Waals surface area contributed by atoms with Crippen molar-refractivity contribution in [2.75, 3.05) is 0 Å². The Balaban J connectivity index is 3.19. The molecule has 0 spiro atoms. The molecule has 112 valence electrons. The van der Waals surface area contributed by atoms with E-state index in [-0.39, 0.29) is 10.0 Å². The summed E-state index contributed by atoms with van der Waals surface area (Å²) in [6.45, 7) is 4.95. The van der Waals surface area contributed by atoms with Crippen molar-refractivity contribution < 1.29 is 22.1 Å². The molecule has 0 saturated carbocycles. The van der Waals surface area contributed by atoms with Crippen LogP contribution < -0.4 is 0 Å². The predicted octanol–water partition coefficient (Wildman–Crippen LogP) is 4.49. The standard InChI is InChI=1S/C12H12BrF4NOS/c1-11(2,3)20(19)18-6-7-4-8(12(15,16)17)5-9(13)10(7)14/h4-6H,1-3H3. The number of alkyl halides is 3. The van der Waals surface area contributed by atoms with E-state index in [2.05, 4.69) is 20.3 Å². The fourth-order valence-electron chi connectivity index (χ4n) is 1.13. The molecule has 1 aromatic rings. The Hall–Kier alpha value is -0.600. The third-order valence-corrected chi connectivity index (χ3v) is 4.12. The molecule has 0 aliphatic carbocycles. The van der Waals surface area contributed by atoms with E-state index < -0.39 is 33.7 Å². The van der Waals surface area contributed by atoms with Crippen molar-refractivity contribution in [1.29, 1.82) is 0 Å². The quantitative estimate of drug-likeness (QED) is 0.427. The van der Waals surface area contributed by atoms with Gasteiger partial charge in [0, 0.05) is 5.56 Å². The SMILES string of the molecule is CC(C)(C)[S+]([O-])N=Cc1cc(C(F)(F)F)cc(Br)c1F. The summed E-state index contributed by atoms with van der Waals surface area (Å²) in [7, 11) is 0. The summed E-state index contributed by atoms with van der Waals surface area (Å²) in [6, 6.07) is 1.27. The first-order valence-electron chi connectivity index (χ1n) is 5.45. The van der Waals surface area contributed by atoms with Gasteiger partial charge in [0.15, 0.2) is 0 Å². The molecule has 0 aliphatic heterocycles. The second-order valence-electron chi connectivity index (χ2n) is 4.96. The van der Waals surface area contributed by atoms with Gasteiger partial charge in [0.2, 0.25) is 0 Å². The van der Waals surface area contributed by atoms with Gasteiger partial charge in [-0.05, 0) is 48.8 Å². The molecule has 0 amide bonds. The Labute approximate surface area is 125 Å². The second-order valence-corrected chi connectivity index (χ2v) is 7.74. The van der Waals surface area contributed by atoms with E-state index in [1.165, 1.54) is 0 Å². The van der Waals surface area contributed by atoms with Crippen LogP contribution >= 0.6 is 15.9 Å². The smallest absolute Gasteiger partial charge is 0.416 e. The molecule has 0 fully saturated rings. The summed E-state index contributed by atoms with van der Waals surface area (Å²) in [5.41, 5.74) is -1.38. The minimum absolute atomic E-state index is 0.324. The second kappa shape index (κ2) is 6.03. The lowest BCUT2D eigenvalue weighted by Gasteiger charge is -2.17. The van der Waals surface area contributed by atoms with Crippen molar-refractivity contribution in [3.8, 4) is 0 Å². The van der Waals surface area contributed by atoms with Crippen molar-refractivity contribution in [2.24, 2.45) is 4.40 Å². The fourth-order valence-corrected chi connectivity index (χ4v) is 2.13. The zero-order chi connectivity index (χ0) is 15.7. The summed E-state index contributed by atoms with van der Waals surface area (Å²) < 4.78 is 65.9. The largest absolute Gasteiger partial charge is 0.591 e. The van der Waals surface area contributed by atoms with Gasteiger partial charge in [-0.15, -0.1) is 0 Å². The van der Waals surface area contributed by atoms with Crippen molar-refractivity contribution in [3.05, 3.63) is 33.5 Å². The highest BCUT2D eigenvalue weighted by Gasteiger charge is 2.32. The minimum Gasteiger partial charge on any atom is -0.591 e. The van der Waals surface area contributed by atoms with Gasteiger partial charge in [0.25, 0.3) is 0 Å². The first-order chi connectivity index (χ1) is 8.93. The Morgan fingerprint density at radius 2 is 1.80 bits per heavy atom. The van der Waals surface area contributed by atoms with Gasteiger partial charge in [-0.1, -0.05) is 4.40 Å². The molecule has 8 heteroatoms. The van der Waals surface area contributed by atoms with E-state index in [4.69, 9.17) is 0 Å². The summed E-state index contributed by atoms with van der Waals surface area (Å²) >= 11 is 1.05. The summed E-state index contributed by atoms with van der Waals surface area (Å²) in [5.74, 6) is -0.882. The van der Waals surface area contributed by atoms with E-state index in [0.717, 1.165) is 6.21 Å². The lowest BCUT2D eigenvalue weighted by molar-refractivity contribution is -0.137. The van der Waals surface area contributed by atoms with Crippen LogP contribution in [0.25, 0.3) is 0 Å². The first-order valence-corrected chi connectivity index (χ1v) is 7.35. The maximum Gasteiger partial charge on any atom is 0.416 e. The molecule has 1 unspecified atom stereocenters. The Kier molecular flexibility index (Phi) is 5.26. The van der Waals surface area contributed by atoms with Crippen molar-refractivity contribution in [1.82, 2.24) is 0 Å². The third kappa shape index (κ3) is 4.46. The van der Waals surface area contributed by atoms with Crippen LogP contribution in [0.5, 0.6) is 0 Å². The summed E-state index contributed by atoms with van der Waals surface area (Å²) in [4.78, 5) is 0. The predicted molar refractivity (Wildman–Crippen MR) is 74.6 cm³/mol. The molecule has 0 heterocycles. The van der Waals surface area contributed by atoms with Gasteiger partial charge in [-0.3, -0.25) is 0 Å². The van der Waals surface area contributed by atoms with Gasteiger partial charge < -0.3 is 4.55 Å². The summed E-state index contributed by atoms with van der Waals surface area (Å²) in [6.07, 6.45) is -3.74. The van der Waals surface area contributed by atoms with E-state index in [9.17, 15) is 22.1 Å². The average Bonchev–Trinajstić information content (AvgIpc) is 2.27. The van der Waals surface area contributed by atoms with Crippen molar-refractivity contribution in [3.63, 3.8) is 0 Å².